The lowest BCUT2D eigenvalue weighted by Gasteiger charge is -2.45. The molecule has 0 N–H and O–H groups in total. The highest BCUT2D eigenvalue weighted by atomic mass is 16.5. The lowest BCUT2D eigenvalue weighted by Crippen LogP contribution is -2.50. The molecule has 0 aromatic rings. The van der Waals surface area contributed by atoms with Crippen LogP contribution in [0.15, 0.2) is 0 Å². The number of rotatable bonds is 4. The second-order valence-electron chi connectivity index (χ2n) is 9.02. The van der Waals surface area contributed by atoms with Crippen LogP contribution in [0.4, 0.5) is 0 Å². The van der Waals surface area contributed by atoms with Crippen LogP contribution in [-0.2, 0) is 4.74 Å². The quantitative estimate of drug-likeness (QED) is 0.785. The smallest absolute Gasteiger partial charge is 0.0594 e. The zero-order valence-electron chi connectivity index (χ0n) is 15.7. The molecule has 1 saturated carbocycles. The third kappa shape index (κ3) is 3.82. The lowest BCUT2D eigenvalue weighted by atomic mass is 9.73. The van der Waals surface area contributed by atoms with E-state index in [-0.39, 0.29) is 0 Å². The third-order valence-electron chi connectivity index (χ3n) is 7.37. The van der Waals surface area contributed by atoms with Crippen LogP contribution in [0.5, 0.6) is 0 Å². The van der Waals surface area contributed by atoms with Crippen LogP contribution in [0.3, 0.4) is 0 Å². The fraction of sp³-hybridized carbons (Fsp3) is 1.00. The minimum absolute atomic E-state index is 0.553. The van der Waals surface area contributed by atoms with E-state index in [1.165, 1.54) is 77.5 Å². The van der Waals surface area contributed by atoms with Gasteiger partial charge < -0.3 is 9.64 Å². The number of morpholine rings is 1. The average Bonchev–Trinajstić information content (AvgIpc) is 2.85. The molecular weight excluding hydrogens is 298 g/mol. The molecule has 24 heavy (non-hydrogen) atoms. The highest BCUT2D eigenvalue weighted by Gasteiger charge is 2.39. The van der Waals surface area contributed by atoms with Crippen molar-refractivity contribution in [3.8, 4) is 0 Å². The molecule has 4 nitrogen and oxygen atoms in total. The molecule has 3 aliphatic heterocycles. The molecular formula is C20H37N3O. The molecule has 4 heteroatoms. The largest absolute Gasteiger partial charge is 0.379 e. The fourth-order valence-corrected chi connectivity index (χ4v) is 5.90. The Bertz CT molecular complexity index is 404. The minimum atomic E-state index is 0.553. The summed E-state index contributed by atoms with van der Waals surface area (Å²) in [4.78, 5) is 8.24. The standard InChI is InChI=1S/C20H37N3O/c1-21-18-5-6-19(21)15-23(10-7-18)17-20(8-3-2-4-9-20)16-22-11-13-24-14-12-22/h18-19H,2-17H2,1H3/t18-,19-/m0/s1. The maximum absolute atomic E-state index is 5.58. The Hall–Kier alpha value is -0.160. The Morgan fingerprint density at radius 2 is 1.54 bits per heavy atom. The molecule has 4 fully saturated rings. The van der Waals surface area contributed by atoms with E-state index in [4.69, 9.17) is 4.74 Å². The van der Waals surface area contributed by atoms with Crippen LogP contribution in [0.2, 0.25) is 0 Å². The van der Waals surface area contributed by atoms with Gasteiger partial charge in [-0.15, -0.1) is 0 Å². The van der Waals surface area contributed by atoms with Crippen LogP contribution in [-0.4, -0.2) is 86.3 Å². The SMILES string of the molecule is CN1[C@H]2CC[C@H]1CN(CC1(CN3CCOCC3)CCCCC1)CC2. The van der Waals surface area contributed by atoms with E-state index in [0.29, 0.717) is 5.41 Å². The summed E-state index contributed by atoms with van der Waals surface area (Å²) >= 11 is 0. The lowest BCUT2D eigenvalue weighted by molar-refractivity contribution is -0.00468. The Labute approximate surface area is 148 Å². The van der Waals surface area contributed by atoms with Crippen molar-refractivity contribution in [3.63, 3.8) is 0 Å². The number of nitrogens with zero attached hydrogens (tertiary/aromatic N) is 3. The first kappa shape index (κ1) is 17.3. The molecule has 0 unspecified atom stereocenters. The first-order valence-corrected chi connectivity index (χ1v) is 10.5. The summed E-state index contributed by atoms with van der Waals surface area (Å²) in [5.74, 6) is 0. The minimum Gasteiger partial charge on any atom is -0.379 e. The molecule has 0 amide bonds. The van der Waals surface area contributed by atoms with Gasteiger partial charge in [0.15, 0.2) is 0 Å². The summed E-state index contributed by atoms with van der Waals surface area (Å²) < 4.78 is 5.58. The summed E-state index contributed by atoms with van der Waals surface area (Å²) in [6.07, 6.45) is 11.5. The van der Waals surface area contributed by atoms with Crippen molar-refractivity contribution in [1.29, 1.82) is 0 Å². The third-order valence-corrected chi connectivity index (χ3v) is 7.37. The number of likely N-dealkylation sites (N-methyl/N-ethyl adjacent to an activating group) is 1. The van der Waals surface area contributed by atoms with Crippen molar-refractivity contribution >= 4 is 0 Å². The van der Waals surface area contributed by atoms with Crippen molar-refractivity contribution in [2.24, 2.45) is 5.41 Å². The van der Waals surface area contributed by atoms with E-state index < -0.39 is 0 Å². The molecule has 0 aromatic carbocycles. The zero-order chi connectivity index (χ0) is 16.4. The molecule has 3 heterocycles. The highest BCUT2D eigenvalue weighted by molar-refractivity contribution is 4.95. The van der Waals surface area contributed by atoms with Gasteiger partial charge in [-0.1, -0.05) is 19.3 Å². The molecule has 4 rings (SSSR count). The van der Waals surface area contributed by atoms with Crippen molar-refractivity contribution < 1.29 is 4.74 Å². The summed E-state index contributed by atoms with van der Waals surface area (Å²) in [7, 11) is 2.37. The van der Waals surface area contributed by atoms with Gasteiger partial charge in [-0.2, -0.15) is 0 Å². The number of hydrogen-bond donors (Lipinski definition) is 0. The molecule has 0 radical (unpaired) electrons. The topological polar surface area (TPSA) is 19.0 Å². The monoisotopic (exact) mass is 335 g/mol. The van der Waals surface area contributed by atoms with Gasteiger partial charge in [-0.25, -0.2) is 0 Å². The van der Waals surface area contributed by atoms with Gasteiger partial charge in [0.2, 0.25) is 0 Å². The van der Waals surface area contributed by atoms with Gasteiger partial charge in [-0.05, 0) is 51.1 Å². The van der Waals surface area contributed by atoms with E-state index in [1.807, 2.05) is 0 Å². The summed E-state index contributed by atoms with van der Waals surface area (Å²) in [5, 5.41) is 0. The van der Waals surface area contributed by atoms with Crippen LogP contribution in [0.1, 0.15) is 51.4 Å². The number of likely N-dealkylation sites (tertiary alicyclic amines) is 1. The maximum Gasteiger partial charge on any atom is 0.0594 e. The van der Waals surface area contributed by atoms with E-state index >= 15 is 0 Å². The van der Waals surface area contributed by atoms with E-state index in [9.17, 15) is 0 Å². The van der Waals surface area contributed by atoms with Crippen molar-refractivity contribution in [2.45, 2.75) is 63.5 Å². The predicted molar refractivity (Wildman–Crippen MR) is 98.4 cm³/mol. The number of hydrogen-bond acceptors (Lipinski definition) is 4. The Kier molecular flexibility index (Phi) is 5.47. The molecule has 2 atom stereocenters. The molecule has 4 aliphatic rings. The van der Waals surface area contributed by atoms with Crippen molar-refractivity contribution in [1.82, 2.24) is 14.7 Å². The van der Waals surface area contributed by atoms with Crippen LogP contribution in [0.25, 0.3) is 0 Å². The fourth-order valence-electron chi connectivity index (χ4n) is 5.90. The number of fused-ring (bicyclic) bond motifs is 2. The van der Waals surface area contributed by atoms with E-state index in [1.54, 1.807) is 0 Å². The second kappa shape index (κ2) is 7.61. The Morgan fingerprint density at radius 1 is 0.833 bits per heavy atom. The molecule has 2 bridgehead atoms. The summed E-state index contributed by atoms with van der Waals surface area (Å²) in [6.45, 7) is 9.49. The molecule has 0 spiro atoms. The van der Waals surface area contributed by atoms with Crippen molar-refractivity contribution in [2.75, 3.05) is 59.5 Å². The second-order valence-corrected chi connectivity index (χ2v) is 9.02. The van der Waals surface area contributed by atoms with Gasteiger partial charge >= 0.3 is 0 Å². The molecule has 3 saturated heterocycles. The first-order chi connectivity index (χ1) is 11.7. The van der Waals surface area contributed by atoms with Crippen LogP contribution in [0, 0.1) is 5.41 Å². The van der Waals surface area contributed by atoms with Crippen LogP contribution >= 0.6 is 0 Å². The molecule has 0 aromatic heterocycles. The maximum atomic E-state index is 5.58. The van der Waals surface area contributed by atoms with Gasteiger partial charge in [0.25, 0.3) is 0 Å². The van der Waals surface area contributed by atoms with Gasteiger partial charge in [0, 0.05) is 44.8 Å². The normalized spacial score (nSPS) is 35.9. The van der Waals surface area contributed by atoms with Gasteiger partial charge in [-0.3, -0.25) is 9.80 Å². The predicted octanol–water partition coefficient (Wildman–Crippen LogP) is 2.44. The Balaban J connectivity index is 1.41. The number of ether oxygens (including phenoxy) is 1. The van der Waals surface area contributed by atoms with Crippen LogP contribution < -0.4 is 0 Å². The average molecular weight is 336 g/mol. The first-order valence-electron chi connectivity index (χ1n) is 10.5. The van der Waals surface area contributed by atoms with E-state index in [0.717, 1.165) is 38.4 Å². The van der Waals surface area contributed by atoms with E-state index in [2.05, 4.69) is 21.7 Å². The van der Waals surface area contributed by atoms with Gasteiger partial charge in [0.1, 0.15) is 0 Å². The highest BCUT2D eigenvalue weighted by Crippen LogP contribution is 2.39. The summed E-state index contributed by atoms with van der Waals surface area (Å²) in [6, 6.07) is 1.68. The molecule has 1 aliphatic carbocycles. The molecule has 138 valence electrons. The van der Waals surface area contributed by atoms with Gasteiger partial charge in [0.05, 0.1) is 13.2 Å². The summed E-state index contributed by atoms with van der Waals surface area (Å²) in [5.41, 5.74) is 0.553. The Morgan fingerprint density at radius 3 is 2.33 bits per heavy atom. The van der Waals surface area contributed by atoms with Crippen molar-refractivity contribution in [3.05, 3.63) is 0 Å². The zero-order valence-corrected chi connectivity index (χ0v) is 15.7.